The standard InChI is InChI=1S/C28H46N4O3.C23H38N4O.CH2O2/c1-28(2,3)35-27(34)30-19-15-23-11-13-24(14-12-23)31-25-16-20-32(21-17-25)26(33)29-18-7-10-22-8-5-4-6-9-22;24-15-12-20-8-10-21(11-9-20)26-22-13-17-27(18-14-22)23(28)25-16-4-7-19-5-2-1-3-6-19;2-1-3/h11-14,22,25,31H,4-10,15-21H2,1-3H3,(H,29,33)(H,30,34);8-11,19,22,26H,1-7,12-18,24H2,(H,25,28);1H,(H,2,3). The van der Waals surface area contributed by atoms with E-state index in [2.05, 4.69) is 75.1 Å². The summed E-state index contributed by atoms with van der Waals surface area (Å²) in [5.74, 6) is 1.78. The van der Waals surface area contributed by atoms with Crippen LogP contribution >= 0.6 is 0 Å². The average Bonchev–Trinajstić information content (AvgIpc) is 3.31. The number of carboxylic acid groups (broad SMARTS) is 1. The number of nitrogens with one attached hydrogen (secondary N) is 5. The molecule has 8 N–H and O–H groups in total. The smallest absolute Gasteiger partial charge is 0.407 e. The number of hydrogen-bond acceptors (Lipinski definition) is 8. The molecule has 2 saturated carbocycles. The summed E-state index contributed by atoms with van der Waals surface area (Å²) in [6.45, 7) is 11.4. The van der Waals surface area contributed by atoms with Crippen LogP contribution < -0.4 is 32.3 Å². The lowest BCUT2D eigenvalue weighted by atomic mass is 9.86. The molecule has 0 atom stereocenters. The molecular weight excluding hydrogens is 833 g/mol. The number of amides is 5. The van der Waals surface area contributed by atoms with E-state index in [1.807, 2.05) is 30.6 Å². The van der Waals surface area contributed by atoms with E-state index in [9.17, 15) is 14.4 Å². The van der Waals surface area contributed by atoms with Gasteiger partial charge in [0.2, 0.25) is 0 Å². The first-order valence-electron chi connectivity index (χ1n) is 25.5. The molecule has 0 bridgehead atoms. The zero-order chi connectivity index (χ0) is 47.4. The Hall–Kier alpha value is -4.72. The van der Waals surface area contributed by atoms with Gasteiger partial charge < -0.3 is 52.0 Å². The minimum Gasteiger partial charge on any atom is -0.483 e. The molecule has 14 nitrogen and oxygen atoms in total. The highest BCUT2D eigenvalue weighted by Crippen LogP contribution is 2.28. The maximum atomic E-state index is 12.5. The molecule has 2 aromatic carbocycles. The van der Waals surface area contributed by atoms with Crippen LogP contribution in [-0.2, 0) is 22.4 Å². The van der Waals surface area contributed by atoms with Gasteiger partial charge in [-0.25, -0.2) is 14.4 Å². The SMILES string of the molecule is CC(C)(C)OC(=O)NCCc1ccc(NC2CCN(C(=O)NCCCC3CCCCC3)CC2)cc1.NCCc1ccc(NC2CCN(C(=O)NCCCC3CCCCC3)CC2)cc1.O=CO. The van der Waals surface area contributed by atoms with Crippen molar-refractivity contribution >= 4 is 36.0 Å². The van der Waals surface area contributed by atoms with Crippen molar-refractivity contribution in [2.75, 3.05) is 63.0 Å². The summed E-state index contributed by atoms with van der Waals surface area (Å²) < 4.78 is 5.26. The molecule has 0 unspecified atom stereocenters. The van der Waals surface area contributed by atoms with Crippen molar-refractivity contribution in [1.82, 2.24) is 25.8 Å². The summed E-state index contributed by atoms with van der Waals surface area (Å²) in [5, 5.41) is 23.2. The zero-order valence-electron chi connectivity index (χ0n) is 40.8. The third kappa shape index (κ3) is 22.2. The lowest BCUT2D eigenvalue weighted by molar-refractivity contribution is -0.122. The fraction of sp³-hybridized carbons (Fsp3) is 0.692. The largest absolute Gasteiger partial charge is 0.483 e. The third-order valence-electron chi connectivity index (χ3n) is 13.3. The number of carbonyl (C=O) groups is 4. The normalized spacial score (nSPS) is 17.5. The second-order valence-corrected chi connectivity index (χ2v) is 19.8. The van der Waals surface area contributed by atoms with Crippen molar-refractivity contribution in [2.45, 2.75) is 167 Å². The van der Waals surface area contributed by atoms with Gasteiger partial charge in [-0.15, -0.1) is 0 Å². The summed E-state index contributed by atoms with van der Waals surface area (Å²) in [5.41, 5.74) is 9.83. The molecule has 2 aromatic rings. The van der Waals surface area contributed by atoms with E-state index in [-0.39, 0.29) is 24.6 Å². The molecule has 66 heavy (non-hydrogen) atoms. The molecule has 2 saturated heterocycles. The summed E-state index contributed by atoms with van der Waals surface area (Å²) in [6.07, 6.45) is 23.9. The van der Waals surface area contributed by atoms with Crippen LogP contribution in [0.25, 0.3) is 0 Å². The molecule has 2 aliphatic heterocycles. The number of anilines is 2. The number of urea groups is 2. The van der Waals surface area contributed by atoms with Crippen LogP contribution in [0.4, 0.5) is 25.8 Å². The first-order valence-corrected chi connectivity index (χ1v) is 25.5. The lowest BCUT2D eigenvalue weighted by Gasteiger charge is -2.33. The van der Waals surface area contributed by atoms with Crippen molar-refractivity contribution in [1.29, 1.82) is 0 Å². The summed E-state index contributed by atoms with van der Waals surface area (Å²) in [4.78, 5) is 48.9. The molecule has 5 amide bonds. The molecule has 4 aliphatic rings. The number of alkyl carbamates (subject to hydrolysis) is 1. The van der Waals surface area contributed by atoms with Crippen LogP contribution in [0.1, 0.15) is 147 Å². The number of hydrogen-bond donors (Lipinski definition) is 7. The van der Waals surface area contributed by atoms with Gasteiger partial charge in [0.15, 0.2) is 0 Å². The summed E-state index contributed by atoms with van der Waals surface area (Å²) >= 11 is 0. The summed E-state index contributed by atoms with van der Waals surface area (Å²) in [7, 11) is 0. The Bertz CT molecular complexity index is 1640. The number of likely N-dealkylation sites (tertiary alicyclic amines) is 2. The van der Waals surface area contributed by atoms with E-state index in [0.717, 1.165) is 114 Å². The van der Waals surface area contributed by atoms with Crippen LogP contribution in [0.15, 0.2) is 48.5 Å². The van der Waals surface area contributed by atoms with E-state index in [1.165, 1.54) is 88.2 Å². The number of nitrogens with two attached hydrogens (primary N) is 1. The van der Waals surface area contributed by atoms with Gasteiger partial charge in [-0.2, -0.15) is 0 Å². The molecule has 6 rings (SSSR count). The van der Waals surface area contributed by atoms with E-state index in [1.54, 1.807) is 0 Å². The van der Waals surface area contributed by atoms with Crippen LogP contribution in [0.3, 0.4) is 0 Å². The van der Waals surface area contributed by atoms with Gasteiger partial charge in [-0.05, 0) is 139 Å². The van der Waals surface area contributed by atoms with E-state index in [0.29, 0.717) is 25.2 Å². The number of piperidine rings is 2. The average molecular weight is 919 g/mol. The van der Waals surface area contributed by atoms with Crippen LogP contribution in [0.2, 0.25) is 0 Å². The minimum atomic E-state index is -0.481. The number of ether oxygens (including phenoxy) is 1. The molecule has 0 spiro atoms. The Morgan fingerprint density at radius 2 is 1.02 bits per heavy atom. The highest BCUT2D eigenvalue weighted by molar-refractivity contribution is 5.74. The maximum absolute atomic E-state index is 12.5. The van der Waals surface area contributed by atoms with Gasteiger partial charge in [0.05, 0.1) is 0 Å². The van der Waals surface area contributed by atoms with E-state index < -0.39 is 5.60 Å². The highest BCUT2D eigenvalue weighted by atomic mass is 16.6. The van der Waals surface area contributed by atoms with Crippen molar-refractivity contribution in [3.8, 4) is 0 Å². The van der Waals surface area contributed by atoms with Gasteiger partial charge in [0.25, 0.3) is 6.47 Å². The fourth-order valence-electron chi connectivity index (χ4n) is 9.60. The molecule has 14 heteroatoms. The first kappa shape index (κ1) is 53.9. The zero-order valence-corrected chi connectivity index (χ0v) is 40.8. The van der Waals surface area contributed by atoms with Crippen molar-refractivity contribution in [3.05, 3.63) is 59.7 Å². The Kier molecular flexibility index (Phi) is 24.9. The van der Waals surface area contributed by atoms with Gasteiger partial charge >= 0.3 is 18.2 Å². The number of rotatable bonds is 17. The fourth-order valence-corrected chi connectivity index (χ4v) is 9.60. The van der Waals surface area contributed by atoms with Crippen LogP contribution in [0.5, 0.6) is 0 Å². The number of nitrogens with zero attached hydrogens (tertiary/aromatic N) is 2. The lowest BCUT2D eigenvalue weighted by Crippen LogP contribution is -2.47. The van der Waals surface area contributed by atoms with Gasteiger partial charge in [0.1, 0.15) is 5.60 Å². The van der Waals surface area contributed by atoms with E-state index >= 15 is 0 Å². The topological polar surface area (TPSA) is 190 Å². The van der Waals surface area contributed by atoms with E-state index in [4.69, 9.17) is 20.4 Å². The maximum Gasteiger partial charge on any atom is 0.407 e. The first-order chi connectivity index (χ1) is 31.9. The van der Waals surface area contributed by atoms with Crippen LogP contribution in [-0.4, -0.2) is 110 Å². The number of carbonyl (C=O) groups excluding carboxylic acids is 3. The van der Waals surface area contributed by atoms with Crippen LogP contribution in [0, 0.1) is 11.8 Å². The van der Waals surface area contributed by atoms with Gasteiger partial charge in [-0.3, -0.25) is 4.79 Å². The predicted molar refractivity (Wildman–Crippen MR) is 267 cm³/mol. The molecule has 4 fully saturated rings. The minimum absolute atomic E-state index is 0.0939. The molecule has 2 heterocycles. The Balaban J connectivity index is 0.000000278. The number of benzene rings is 2. The Labute approximate surface area is 396 Å². The highest BCUT2D eigenvalue weighted by Gasteiger charge is 2.24. The molecular formula is C52H86N8O6. The molecule has 0 radical (unpaired) electrons. The van der Waals surface area contributed by atoms with Gasteiger partial charge in [0, 0.05) is 69.3 Å². The molecule has 370 valence electrons. The second kappa shape index (κ2) is 30.5. The van der Waals surface area contributed by atoms with Gasteiger partial charge in [-0.1, -0.05) is 88.5 Å². The van der Waals surface area contributed by atoms with Crippen molar-refractivity contribution < 1.29 is 29.0 Å². The Morgan fingerprint density at radius 1 is 0.621 bits per heavy atom. The molecule has 0 aromatic heterocycles. The quantitative estimate of drug-likeness (QED) is 0.0599. The molecule has 2 aliphatic carbocycles. The predicted octanol–water partition coefficient (Wildman–Crippen LogP) is 9.54. The van der Waals surface area contributed by atoms with Crippen molar-refractivity contribution in [2.24, 2.45) is 17.6 Å². The van der Waals surface area contributed by atoms with Crippen molar-refractivity contribution in [3.63, 3.8) is 0 Å². The summed E-state index contributed by atoms with van der Waals surface area (Å²) in [6, 6.07) is 18.0. The second-order valence-electron chi connectivity index (χ2n) is 19.8. The monoisotopic (exact) mass is 919 g/mol. The Morgan fingerprint density at radius 3 is 1.39 bits per heavy atom. The third-order valence-corrected chi connectivity index (χ3v) is 13.3.